The monoisotopic (exact) mass is 619 g/mol. The molecule has 0 aliphatic carbocycles. The molecule has 1 N–H and O–H groups in total. The zero-order chi connectivity index (χ0) is 29.7. The van der Waals surface area contributed by atoms with E-state index in [1.165, 1.54) is 33.1 Å². The van der Waals surface area contributed by atoms with Crippen LogP contribution in [0.1, 0.15) is 23.6 Å². The Labute approximate surface area is 246 Å². The van der Waals surface area contributed by atoms with Crippen LogP contribution in [0.5, 0.6) is 0 Å². The van der Waals surface area contributed by atoms with Crippen LogP contribution in [0.15, 0.2) is 46.1 Å². The summed E-state index contributed by atoms with van der Waals surface area (Å²) in [6.45, 7) is 6.25. The fourth-order valence-corrected chi connectivity index (χ4v) is 6.79. The van der Waals surface area contributed by atoms with Crippen LogP contribution in [0.2, 0.25) is 5.02 Å². The van der Waals surface area contributed by atoms with E-state index in [0.29, 0.717) is 17.7 Å². The van der Waals surface area contributed by atoms with Gasteiger partial charge in [-0.1, -0.05) is 35.4 Å². The Morgan fingerprint density at radius 3 is 2.59 bits per heavy atom. The number of morpholine rings is 1. The molecule has 1 fully saturated rings. The molecule has 4 rings (SSSR count). The maximum Gasteiger partial charge on any atom is 0.333 e. The third-order valence-corrected chi connectivity index (χ3v) is 9.59. The number of sulfonamides is 1. The van der Waals surface area contributed by atoms with Crippen LogP contribution < -0.4 is 20.1 Å². The number of rotatable bonds is 8. The molecule has 0 bridgehead atoms. The molecule has 0 saturated carbocycles. The van der Waals surface area contributed by atoms with E-state index in [9.17, 15) is 22.8 Å². The van der Waals surface area contributed by atoms with Crippen molar-refractivity contribution in [3.05, 3.63) is 77.7 Å². The molecule has 1 aliphatic rings. The van der Waals surface area contributed by atoms with Crippen LogP contribution >= 0.6 is 22.9 Å². The molecule has 1 aromatic heterocycles. The van der Waals surface area contributed by atoms with Crippen molar-refractivity contribution < 1.29 is 27.5 Å². The van der Waals surface area contributed by atoms with Gasteiger partial charge in [0.05, 0.1) is 46.0 Å². The van der Waals surface area contributed by atoms with Crippen molar-refractivity contribution in [2.75, 3.05) is 38.2 Å². The van der Waals surface area contributed by atoms with E-state index in [4.69, 9.17) is 21.1 Å². The number of nitrogens with one attached hydrogen (secondary N) is 1. The van der Waals surface area contributed by atoms with Gasteiger partial charge in [-0.2, -0.15) is 4.31 Å². The van der Waals surface area contributed by atoms with Crippen molar-refractivity contribution in [1.29, 1.82) is 0 Å². The summed E-state index contributed by atoms with van der Waals surface area (Å²) in [7, 11) is -3.83. The molecular formula is C28H30ClN3O7S2. The number of aryl methyl sites for hydroxylation is 2. The molecule has 0 atom stereocenters. The summed E-state index contributed by atoms with van der Waals surface area (Å²) in [6, 6.07) is 9.90. The minimum Gasteiger partial charge on any atom is -0.463 e. The van der Waals surface area contributed by atoms with Gasteiger partial charge in [0.15, 0.2) is 0 Å². The number of amides is 1. The second-order valence-electron chi connectivity index (χ2n) is 9.30. The van der Waals surface area contributed by atoms with Crippen molar-refractivity contribution in [2.24, 2.45) is 0 Å². The minimum absolute atomic E-state index is 0.0338. The molecule has 2 aromatic carbocycles. The van der Waals surface area contributed by atoms with Gasteiger partial charge in [-0.25, -0.2) is 13.2 Å². The fourth-order valence-electron chi connectivity index (χ4n) is 4.16. The van der Waals surface area contributed by atoms with Gasteiger partial charge < -0.3 is 14.8 Å². The number of nitrogens with zero attached hydrogens (tertiary/aromatic N) is 2. The molecule has 0 spiro atoms. The molecule has 0 radical (unpaired) electrons. The van der Waals surface area contributed by atoms with Gasteiger partial charge in [-0.05, 0) is 56.2 Å². The fraction of sp³-hybridized carbons (Fsp3) is 0.321. The summed E-state index contributed by atoms with van der Waals surface area (Å²) in [6.07, 6.45) is 2.90. The predicted molar refractivity (Wildman–Crippen MR) is 158 cm³/mol. The summed E-state index contributed by atoms with van der Waals surface area (Å²) in [5.74, 6) is -1.28. The maximum atomic E-state index is 13.4. The topological polar surface area (TPSA) is 124 Å². The first-order valence-electron chi connectivity index (χ1n) is 12.8. The van der Waals surface area contributed by atoms with Crippen molar-refractivity contribution in [3.63, 3.8) is 0 Å². The number of hydrogen-bond donors (Lipinski definition) is 1. The Bertz CT molecular complexity index is 1760. The molecule has 2 heterocycles. The smallest absolute Gasteiger partial charge is 0.333 e. The lowest BCUT2D eigenvalue weighted by atomic mass is 10.1. The third-order valence-electron chi connectivity index (χ3n) is 6.31. The standard InChI is InChI=1S/C28H30ClN3O7S2/c1-4-39-27(34)16-26-32(28(35)24(40-26)14-20-13-18(2)5-6-19(20)3)17-25(33)30-23-15-21(7-8-22(23)29)41(36,37)31-9-11-38-12-10-31/h5-8,13-16H,4,9-12,17H2,1-3H3,(H,30,33). The van der Waals surface area contributed by atoms with Crippen LogP contribution in [0.3, 0.4) is 0 Å². The van der Waals surface area contributed by atoms with Crippen LogP contribution in [-0.4, -0.2) is 62.1 Å². The van der Waals surface area contributed by atoms with Gasteiger partial charge in [0.2, 0.25) is 15.9 Å². The Hall–Kier alpha value is -3.29. The van der Waals surface area contributed by atoms with Crippen molar-refractivity contribution >= 4 is 62.7 Å². The van der Waals surface area contributed by atoms with Crippen LogP contribution in [0, 0.1) is 13.8 Å². The molecule has 1 aliphatic heterocycles. The average Bonchev–Trinajstić information content (AvgIpc) is 3.21. The lowest BCUT2D eigenvalue weighted by Gasteiger charge is -2.26. The summed E-state index contributed by atoms with van der Waals surface area (Å²) in [5, 5.41) is 2.73. The molecule has 0 unspecified atom stereocenters. The van der Waals surface area contributed by atoms with Crippen LogP contribution in [-0.2, 0) is 35.6 Å². The number of thiazole rings is 1. The van der Waals surface area contributed by atoms with E-state index in [2.05, 4.69) is 5.32 Å². The van der Waals surface area contributed by atoms with Crippen molar-refractivity contribution in [2.45, 2.75) is 32.2 Å². The van der Waals surface area contributed by atoms with Gasteiger partial charge in [-0.3, -0.25) is 14.2 Å². The van der Waals surface area contributed by atoms with Gasteiger partial charge >= 0.3 is 5.97 Å². The van der Waals surface area contributed by atoms with Crippen LogP contribution in [0.25, 0.3) is 12.2 Å². The average molecular weight is 620 g/mol. The highest BCUT2D eigenvalue weighted by molar-refractivity contribution is 7.89. The molecule has 3 aromatic rings. The molecular weight excluding hydrogens is 590 g/mol. The van der Waals surface area contributed by atoms with E-state index in [1.54, 1.807) is 13.0 Å². The number of hydrogen-bond acceptors (Lipinski definition) is 8. The Kier molecular flexibility index (Phi) is 9.82. The number of benzene rings is 2. The zero-order valence-corrected chi connectivity index (χ0v) is 25.2. The predicted octanol–water partition coefficient (Wildman–Crippen LogP) is 2.01. The summed E-state index contributed by atoms with van der Waals surface area (Å²) >= 11 is 7.35. The molecule has 13 heteroatoms. The summed E-state index contributed by atoms with van der Waals surface area (Å²) < 4.78 is 39.5. The van der Waals surface area contributed by atoms with Crippen molar-refractivity contribution in [3.8, 4) is 0 Å². The highest BCUT2D eigenvalue weighted by Gasteiger charge is 2.27. The van der Waals surface area contributed by atoms with Gasteiger partial charge in [-0.15, -0.1) is 11.3 Å². The first-order chi connectivity index (χ1) is 19.5. The molecule has 10 nitrogen and oxygen atoms in total. The molecule has 1 saturated heterocycles. The highest BCUT2D eigenvalue weighted by Crippen LogP contribution is 2.27. The first-order valence-corrected chi connectivity index (χ1v) is 15.5. The van der Waals surface area contributed by atoms with Gasteiger partial charge in [0.25, 0.3) is 5.56 Å². The minimum atomic E-state index is -3.83. The van der Waals surface area contributed by atoms with Crippen molar-refractivity contribution in [1.82, 2.24) is 8.87 Å². The second kappa shape index (κ2) is 13.1. The number of anilines is 1. The number of esters is 1. The Morgan fingerprint density at radius 2 is 1.88 bits per heavy atom. The SMILES string of the molecule is CCOC(=O)C=c1sc(=Cc2cc(C)ccc2C)c(=O)n1CC(=O)Nc1cc(S(=O)(=O)N2CCOCC2)ccc1Cl. The van der Waals surface area contributed by atoms with Crippen LogP contribution in [0.4, 0.5) is 5.69 Å². The first kappa shape index (κ1) is 30.7. The van der Waals surface area contributed by atoms with Gasteiger partial charge in [0.1, 0.15) is 11.2 Å². The second-order valence-corrected chi connectivity index (χ2v) is 12.7. The number of carbonyl (C=O) groups is 2. The summed E-state index contributed by atoms with van der Waals surface area (Å²) in [4.78, 5) is 38.8. The number of carbonyl (C=O) groups excluding carboxylic acids is 2. The molecule has 41 heavy (non-hydrogen) atoms. The lowest BCUT2D eigenvalue weighted by Crippen LogP contribution is -2.40. The maximum absolute atomic E-state index is 13.4. The lowest BCUT2D eigenvalue weighted by molar-refractivity contribution is -0.135. The number of halogens is 1. The van der Waals surface area contributed by atoms with E-state index >= 15 is 0 Å². The Morgan fingerprint density at radius 1 is 1.15 bits per heavy atom. The zero-order valence-electron chi connectivity index (χ0n) is 22.8. The molecule has 1 amide bonds. The van der Waals surface area contributed by atoms with E-state index in [1.807, 2.05) is 32.0 Å². The highest BCUT2D eigenvalue weighted by atomic mass is 35.5. The summed E-state index contributed by atoms with van der Waals surface area (Å²) in [5.41, 5.74) is 2.44. The number of ether oxygens (including phenoxy) is 2. The number of aromatic nitrogens is 1. The van der Waals surface area contributed by atoms with E-state index in [-0.39, 0.29) is 40.0 Å². The van der Waals surface area contributed by atoms with Gasteiger partial charge in [0, 0.05) is 13.1 Å². The van der Waals surface area contributed by atoms with E-state index < -0.39 is 34.0 Å². The normalized spacial score (nSPS) is 15.2. The largest absolute Gasteiger partial charge is 0.463 e. The molecule has 218 valence electrons. The Balaban J connectivity index is 1.68. The quantitative estimate of drug-likeness (QED) is 0.383. The van der Waals surface area contributed by atoms with E-state index in [0.717, 1.165) is 28.0 Å². The third kappa shape index (κ3) is 7.32.